The Balaban J connectivity index is 2.35. The maximum atomic E-state index is 11.6. The summed E-state index contributed by atoms with van der Waals surface area (Å²) < 4.78 is 1.47. The number of hydrogen-bond acceptors (Lipinski definition) is 6. The number of aromatic nitrogens is 5. The number of aromatic carboxylic acids is 1. The van der Waals surface area contributed by atoms with Gasteiger partial charge in [-0.3, -0.25) is 4.57 Å². The van der Waals surface area contributed by atoms with E-state index in [4.69, 9.17) is 5.11 Å². The van der Waals surface area contributed by atoms with Gasteiger partial charge in [0, 0.05) is 12.2 Å². The van der Waals surface area contributed by atoms with Gasteiger partial charge in [0.05, 0.1) is 0 Å². The topological polar surface area (TPSA) is 114 Å². The molecule has 2 aromatic rings. The highest BCUT2D eigenvalue weighted by Crippen LogP contribution is 2.22. The number of aromatic amines is 1. The molecule has 0 saturated carbocycles. The van der Waals surface area contributed by atoms with Crippen LogP contribution in [0, 0.1) is 6.92 Å². The zero-order valence-corrected chi connectivity index (χ0v) is 11.8. The molecule has 0 fully saturated rings. The van der Waals surface area contributed by atoms with E-state index in [0.29, 0.717) is 17.4 Å². The summed E-state index contributed by atoms with van der Waals surface area (Å²) in [4.78, 5) is 30.6. The minimum Gasteiger partial charge on any atom is -0.477 e. The SMILES string of the molecule is CCCn1c(Sc2nc(C)cc(C(=O)O)n2)n[nH]c1=O. The van der Waals surface area contributed by atoms with E-state index in [-0.39, 0.29) is 16.5 Å². The molecule has 2 aromatic heterocycles. The van der Waals surface area contributed by atoms with Gasteiger partial charge in [0.25, 0.3) is 0 Å². The highest BCUT2D eigenvalue weighted by Gasteiger charge is 2.14. The van der Waals surface area contributed by atoms with Crippen molar-refractivity contribution in [2.45, 2.75) is 37.1 Å². The molecule has 0 atom stereocenters. The summed E-state index contributed by atoms with van der Waals surface area (Å²) in [6, 6.07) is 1.38. The summed E-state index contributed by atoms with van der Waals surface area (Å²) in [5.74, 6) is -1.12. The molecule has 0 aromatic carbocycles. The van der Waals surface area contributed by atoms with Crippen molar-refractivity contribution >= 4 is 17.7 Å². The molecule has 0 saturated heterocycles. The molecular formula is C11H13N5O3S. The maximum absolute atomic E-state index is 11.6. The van der Waals surface area contributed by atoms with Crippen LogP contribution in [-0.4, -0.2) is 35.8 Å². The van der Waals surface area contributed by atoms with E-state index in [0.717, 1.165) is 18.2 Å². The first-order chi connectivity index (χ1) is 9.51. The van der Waals surface area contributed by atoms with Gasteiger partial charge in [-0.15, -0.1) is 5.10 Å². The number of H-pyrrole nitrogens is 1. The monoisotopic (exact) mass is 295 g/mol. The highest BCUT2D eigenvalue weighted by atomic mass is 32.2. The first-order valence-electron chi connectivity index (χ1n) is 5.93. The number of carboxylic acid groups (broad SMARTS) is 1. The van der Waals surface area contributed by atoms with Gasteiger partial charge >= 0.3 is 11.7 Å². The first-order valence-corrected chi connectivity index (χ1v) is 6.75. The molecule has 0 bridgehead atoms. The Hall–Kier alpha value is -2.16. The van der Waals surface area contributed by atoms with Gasteiger partial charge in [0.1, 0.15) is 0 Å². The Morgan fingerprint density at radius 2 is 2.25 bits per heavy atom. The van der Waals surface area contributed by atoms with E-state index < -0.39 is 5.97 Å². The van der Waals surface area contributed by atoms with Gasteiger partial charge in [0.15, 0.2) is 16.0 Å². The molecule has 0 radical (unpaired) electrons. The summed E-state index contributed by atoms with van der Waals surface area (Å²) in [5.41, 5.74) is 0.153. The van der Waals surface area contributed by atoms with E-state index in [2.05, 4.69) is 20.2 Å². The molecule has 9 heteroatoms. The molecule has 0 aliphatic carbocycles. The number of hydrogen-bond donors (Lipinski definition) is 2. The summed E-state index contributed by atoms with van der Waals surface area (Å²) in [6.45, 7) is 4.15. The van der Waals surface area contributed by atoms with Crippen LogP contribution in [0.25, 0.3) is 0 Å². The molecule has 0 amide bonds. The summed E-state index contributed by atoms with van der Waals surface area (Å²) in [7, 11) is 0. The van der Waals surface area contributed by atoms with Crippen LogP contribution < -0.4 is 5.69 Å². The Bertz CT molecular complexity index is 694. The van der Waals surface area contributed by atoms with Crippen molar-refractivity contribution < 1.29 is 9.90 Å². The van der Waals surface area contributed by atoms with Crippen LogP contribution >= 0.6 is 11.8 Å². The third-order valence-electron chi connectivity index (χ3n) is 2.41. The van der Waals surface area contributed by atoms with Crippen molar-refractivity contribution in [3.63, 3.8) is 0 Å². The van der Waals surface area contributed by atoms with Crippen LogP contribution in [0.4, 0.5) is 0 Å². The van der Waals surface area contributed by atoms with Gasteiger partial charge in [-0.1, -0.05) is 6.92 Å². The molecule has 0 aliphatic heterocycles. The fourth-order valence-corrected chi connectivity index (χ4v) is 2.45. The Morgan fingerprint density at radius 3 is 2.90 bits per heavy atom. The number of carbonyl (C=O) groups is 1. The number of rotatable bonds is 5. The second-order valence-corrected chi connectivity index (χ2v) is 4.98. The van der Waals surface area contributed by atoms with E-state index in [1.165, 1.54) is 10.6 Å². The van der Waals surface area contributed by atoms with Crippen molar-refractivity contribution in [1.29, 1.82) is 0 Å². The lowest BCUT2D eigenvalue weighted by Gasteiger charge is -2.04. The normalized spacial score (nSPS) is 10.7. The lowest BCUT2D eigenvalue weighted by molar-refractivity contribution is 0.0689. The van der Waals surface area contributed by atoms with Gasteiger partial charge in [0.2, 0.25) is 0 Å². The average Bonchev–Trinajstić information content (AvgIpc) is 2.71. The van der Waals surface area contributed by atoms with Crippen molar-refractivity contribution in [3.8, 4) is 0 Å². The average molecular weight is 295 g/mol. The van der Waals surface area contributed by atoms with E-state index >= 15 is 0 Å². The fraction of sp³-hybridized carbons (Fsp3) is 0.364. The minimum atomic E-state index is -1.12. The van der Waals surface area contributed by atoms with Crippen molar-refractivity contribution in [2.24, 2.45) is 0 Å². The number of aryl methyl sites for hydroxylation is 1. The zero-order valence-electron chi connectivity index (χ0n) is 11.0. The molecule has 2 heterocycles. The molecule has 8 nitrogen and oxygen atoms in total. The first kappa shape index (κ1) is 14.3. The Morgan fingerprint density at radius 1 is 1.50 bits per heavy atom. The number of nitrogens with one attached hydrogen (secondary N) is 1. The summed E-state index contributed by atoms with van der Waals surface area (Å²) in [6.07, 6.45) is 0.780. The second-order valence-electron chi connectivity index (χ2n) is 4.05. The lowest BCUT2D eigenvalue weighted by Crippen LogP contribution is -2.17. The van der Waals surface area contributed by atoms with E-state index in [1.54, 1.807) is 6.92 Å². The predicted molar refractivity (Wildman–Crippen MR) is 71.0 cm³/mol. The molecule has 20 heavy (non-hydrogen) atoms. The van der Waals surface area contributed by atoms with Gasteiger partial charge in [-0.2, -0.15) is 0 Å². The standard InChI is InChI=1S/C11H13N5O3S/c1-3-4-16-10(19)14-15-11(16)20-9-12-6(2)5-7(13-9)8(17)18/h5H,3-4H2,1-2H3,(H,14,19)(H,17,18). The van der Waals surface area contributed by atoms with E-state index in [9.17, 15) is 9.59 Å². The largest absolute Gasteiger partial charge is 0.477 e. The van der Waals surface area contributed by atoms with Gasteiger partial charge in [-0.25, -0.2) is 24.7 Å². The molecule has 106 valence electrons. The third-order valence-corrected chi connectivity index (χ3v) is 3.27. The second kappa shape index (κ2) is 5.87. The zero-order chi connectivity index (χ0) is 14.7. The van der Waals surface area contributed by atoms with Crippen LogP contribution in [-0.2, 0) is 6.54 Å². The fourth-order valence-electron chi connectivity index (χ4n) is 1.58. The summed E-state index contributed by atoms with van der Waals surface area (Å²) in [5, 5.41) is 15.9. The van der Waals surface area contributed by atoms with Crippen LogP contribution in [0.5, 0.6) is 0 Å². The molecule has 0 unspecified atom stereocenters. The van der Waals surface area contributed by atoms with Gasteiger partial charge in [-0.05, 0) is 31.2 Å². The maximum Gasteiger partial charge on any atom is 0.354 e. The minimum absolute atomic E-state index is 0.0834. The van der Waals surface area contributed by atoms with Crippen LogP contribution in [0.3, 0.4) is 0 Å². The van der Waals surface area contributed by atoms with Crippen LogP contribution in [0.1, 0.15) is 29.5 Å². The lowest BCUT2D eigenvalue weighted by atomic mass is 10.3. The molecule has 2 rings (SSSR count). The smallest absolute Gasteiger partial charge is 0.354 e. The third kappa shape index (κ3) is 3.05. The molecule has 0 spiro atoms. The van der Waals surface area contributed by atoms with Gasteiger partial charge < -0.3 is 5.11 Å². The van der Waals surface area contributed by atoms with Crippen molar-refractivity contribution in [2.75, 3.05) is 0 Å². The molecular weight excluding hydrogens is 282 g/mol. The number of carboxylic acids is 1. The van der Waals surface area contributed by atoms with Crippen molar-refractivity contribution in [3.05, 3.63) is 27.9 Å². The van der Waals surface area contributed by atoms with Crippen LogP contribution in [0.15, 0.2) is 21.2 Å². The predicted octanol–water partition coefficient (Wildman–Crippen LogP) is 0.929. The van der Waals surface area contributed by atoms with Crippen molar-refractivity contribution in [1.82, 2.24) is 24.7 Å². The molecule has 2 N–H and O–H groups in total. The Labute approximate surface area is 118 Å². The number of nitrogens with zero attached hydrogens (tertiary/aromatic N) is 4. The van der Waals surface area contributed by atoms with Crippen LogP contribution in [0.2, 0.25) is 0 Å². The highest BCUT2D eigenvalue weighted by molar-refractivity contribution is 7.99. The van der Waals surface area contributed by atoms with E-state index in [1.807, 2.05) is 6.92 Å². The summed E-state index contributed by atoms with van der Waals surface area (Å²) >= 11 is 1.06. The molecule has 0 aliphatic rings. The Kier molecular flexibility index (Phi) is 4.18. The quantitative estimate of drug-likeness (QED) is 0.788.